The number of hydrogen-bond acceptors (Lipinski definition) is 5. The molecular weight excluding hydrogens is 859 g/mol. The molecule has 3 aliphatic rings. The first-order valence-electron chi connectivity index (χ1n) is 24.3. The zero-order chi connectivity index (χ0) is 46.0. The van der Waals surface area contributed by atoms with Crippen LogP contribution in [0.1, 0.15) is 25.2 Å². The average Bonchev–Trinajstić information content (AvgIpc) is 4.18. The van der Waals surface area contributed by atoms with Crippen LogP contribution in [0.3, 0.4) is 0 Å². The number of nitrogens with zero attached hydrogens (tertiary/aromatic N) is 5. The van der Waals surface area contributed by atoms with E-state index in [4.69, 9.17) is 23.8 Å². The SMILES string of the molecule is CC1C=C2C(C)C3(c4oc5c(-c6ccc7oc8ccccc8c7c6)ccc(-c6nc(-c7ccccc7)nc(-c7ccccc7)n6)c5c4C=CC13)n1c3ccccc3c3ccc4c5ccccc5n2c4c31. The van der Waals surface area contributed by atoms with Gasteiger partial charge in [-0.1, -0.05) is 166 Å². The Morgan fingerprint density at radius 3 is 1.87 bits per heavy atom. The average molecular weight is 900 g/mol. The zero-order valence-corrected chi connectivity index (χ0v) is 38.3. The molecule has 0 saturated heterocycles. The van der Waals surface area contributed by atoms with E-state index < -0.39 is 5.54 Å². The van der Waals surface area contributed by atoms with Gasteiger partial charge in [0.1, 0.15) is 28.0 Å². The summed E-state index contributed by atoms with van der Waals surface area (Å²) in [6.07, 6.45) is 7.39. The summed E-state index contributed by atoms with van der Waals surface area (Å²) in [6, 6.07) is 62.3. The number of hydrogen-bond donors (Lipinski definition) is 0. The van der Waals surface area contributed by atoms with Crippen molar-refractivity contribution in [3.8, 4) is 45.3 Å². The lowest BCUT2D eigenvalue weighted by Crippen LogP contribution is -2.52. The molecule has 1 aliphatic heterocycles. The minimum atomic E-state index is -0.689. The lowest BCUT2D eigenvalue weighted by atomic mass is 9.60. The minimum absolute atomic E-state index is 0.0320. The molecule has 70 heavy (non-hydrogen) atoms. The van der Waals surface area contributed by atoms with Crippen molar-refractivity contribution in [2.45, 2.75) is 19.4 Å². The van der Waals surface area contributed by atoms with Crippen molar-refractivity contribution < 1.29 is 8.83 Å². The molecule has 0 saturated carbocycles. The Kier molecular flexibility index (Phi) is 7.46. The van der Waals surface area contributed by atoms with E-state index in [0.717, 1.165) is 72.0 Å². The Labute approximate surface area is 401 Å². The van der Waals surface area contributed by atoms with Gasteiger partial charge in [-0.3, -0.25) is 0 Å². The van der Waals surface area contributed by atoms with E-state index in [1.807, 2.05) is 48.5 Å². The summed E-state index contributed by atoms with van der Waals surface area (Å²) < 4.78 is 19.7. The first kappa shape index (κ1) is 38.2. The Bertz CT molecular complexity index is 4410. The van der Waals surface area contributed by atoms with E-state index in [1.54, 1.807) is 0 Å². The smallest absolute Gasteiger partial charge is 0.164 e. The maximum absolute atomic E-state index is 7.97. The molecule has 0 radical (unpaired) electrons. The number of aromatic nitrogens is 5. The summed E-state index contributed by atoms with van der Waals surface area (Å²) in [5, 5.41) is 8.14. The Morgan fingerprint density at radius 2 is 1.11 bits per heavy atom. The molecule has 1 spiro atoms. The summed E-state index contributed by atoms with van der Waals surface area (Å²) in [4.78, 5) is 15.8. The normalized spacial score (nSPS) is 19.2. The quantitative estimate of drug-likeness (QED) is 0.176. The van der Waals surface area contributed by atoms with Crippen molar-refractivity contribution in [3.63, 3.8) is 0 Å². The van der Waals surface area contributed by atoms with Crippen molar-refractivity contribution in [3.05, 3.63) is 199 Å². The van der Waals surface area contributed by atoms with Crippen LogP contribution >= 0.6 is 0 Å². The molecular formula is C63H41N5O2. The second-order valence-corrected chi connectivity index (χ2v) is 19.5. The van der Waals surface area contributed by atoms with Gasteiger partial charge in [-0.25, -0.2) is 15.0 Å². The lowest BCUT2D eigenvalue weighted by Gasteiger charge is -2.51. The minimum Gasteiger partial charge on any atom is -0.457 e. The van der Waals surface area contributed by atoms with Crippen molar-refractivity contribution in [1.82, 2.24) is 24.1 Å². The summed E-state index contributed by atoms with van der Waals surface area (Å²) in [6.45, 7) is 4.84. The highest BCUT2D eigenvalue weighted by molar-refractivity contribution is 6.24. The Balaban J connectivity index is 1.06. The topological polar surface area (TPSA) is 74.8 Å². The molecule has 7 heteroatoms. The van der Waals surface area contributed by atoms with Crippen LogP contribution in [-0.2, 0) is 5.54 Å². The third-order valence-corrected chi connectivity index (χ3v) is 16.0. The number of furan rings is 2. The first-order chi connectivity index (χ1) is 34.5. The van der Waals surface area contributed by atoms with Crippen LogP contribution in [-0.4, -0.2) is 24.1 Å². The molecule has 2 aliphatic carbocycles. The molecule has 0 amide bonds. The van der Waals surface area contributed by atoms with Gasteiger partial charge in [-0.05, 0) is 53.9 Å². The molecule has 4 atom stereocenters. The molecule has 8 aromatic carbocycles. The van der Waals surface area contributed by atoms with Crippen LogP contribution < -0.4 is 0 Å². The number of allylic oxidation sites excluding steroid dienone is 3. The van der Waals surface area contributed by atoms with Gasteiger partial charge in [0.25, 0.3) is 0 Å². The fourth-order valence-electron chi connectivity index (χ4n) is 13.1. The van der Waals surface area contributed by atoms with Crippen molar-refractivity contribution in [2.75, 3.05) is 0 Å². The van der Waals surface area contributed by atoms with Gasteiger partial charge < -0.3 is 18.0 Å². The van der Waals surface area contributed by atoms with Crippen LogP contribution in [0.15, 0.2) is 197 Å². The molecule has 5 aromatic heterocycles. The van der Waals surface area contributed by atoms with Gasteiger partial charge in [-0.2, -0.15) is 0 Å². The van der Waals surface area contributed by atoms with Crippen LogP contribution in [0.4, 0.5) is 0 Å². The van der Waals surface area contributed by atoms with E-state index in [0.29, 0.717) is 17.5 Å². The predicted molar refractivity (Wildman–Crippen MR) is 283 cm³/mol. The van der Waals surface area contributed by atoms with Gasteiger partial charge in [0.05, 0.1) is 22.1 Å². The summed E-state index contributed by atoms with van der Waals surface area (Å²) in [5.74, 6) is 2.95. The second-order valence-electron chi connectivity index (χ2n) is 19.5. The molecule has 13 aromatic rings. The van der Waals surface area contributed by atoms with E-state index in [1.165, 1.54) is 49.3 Å². The summed E-state index contributed by atoms with van der Waals surface area (Å²) in [7, 11) is 0. The fraction of sp³-hybridized carbons (Fsp3) is 0.0952. The van der Waals surface area contributed by atoms with Crippen LogP contribution in [0.2, 0.25) is 0 Å². The summed E-state index contributed by atoms with van der Waals surface area (Å²) >= 11 is 0. The zero-order valence-electron chi connectivity index (χ0n) is 38.3. The molecule has 330 valence electrons. The largest absolute Gasteiger partial charge is 0.457 e. The van der Waals surface area contributed by atoms with Gasteiger partial charge in [0, 0.05) is 83.1 Å². The van der Waals surface area contributed by atoms with E-state index >= 15 is 0 Å². The lowest BCUT2D eigenvalue weighted by molar-refractivity contribution is 0.140. The van der Waals surface area contributed by atoms with Crippen molar-refractivity contribution in [1.29, 1.82) is 0 Å². The van der Waals surface area contributed by atoms with Gasteiger partial charge in [0.2, 0.25) is 0 Å². The maximum Gasteiger partial charge on any atom is 0.164 e. The van der Waals surface area contributed by atoms with Crippen LogP contribution in [0.5, 0.6) is 0 Å². The third kappa shape index (κ3) is 4.81. The number of rotatable bonds is 4. The molecule has 2 bridgehead atoms. The number of benzene rings is 8. The maximum atomic E-state index is 7.97. The second kappa shape index (κ2) is 13.7. The highest BCUT2D eigenvalue weighted by atomic mass is 16.3. The first-order valence-corrected chi connectivity index (χ1v) is 24.3. The molecule has 0 fully saturated rings. The van der Waals surface area contributed by atoms with E-state index in [9.17, 15) is 0 Å². The number of para-hydroxylation sites is 3. The van der Waals surface area contributed by atoms with Gasteiger partial charge >= 0.3 is 0 Å². The van der Waals surface area contributed by atoms with E-state index in [2.05, 4.69) is 169 Å². The molecule has 16 rings (SSSR count). The third-order valence-electron chi connectivity index (χ3n) is 16.0. The molecule has 6 heterocycles. The van der Waals surface area contributed by atoms with Gasteiger partial charge in [-0.15, -0.1) is 0 Å². The monoisotopic (exact) mass is 899 g/mol. The van der Waals surface area contributed by atoms with Crippen molar-refractivity contribution >= 4 is 88.3 Å². The highest BCUT2D eigenvalue weighted by Gasteiger charge is 2.58. The van der Waals surface area contributed by atoms with Gasteiger partial charge in [0.15, 0.2) is 17.5 Å². The Morgan fingerprint density at radius 1 is 0.500 bits per heavy atom. The fourth-order valence-corrected chi connectivity index (χ4v) is 13.1. The standard InChI is InChI=1S/C63H41N5O2/c1-35-33-52-36(2)63(68-51-23-13-10-20-42(51)45-28-27-44-41-19-9-12-22-50(41)67(52)56(44)57(45)68)49(35)31-30-46-55-47(62-65-60(37-15-5-3-6-16-37)64-61(66-62)38-17-7-4-8-18-38)29-26-40(58(55)70-59(46)63)39-25-32-54-48(34-39)43-21-11-14-24-53(43)69-54/h3-36,49H,1-2H3. The highest BCUT2D eigenvalue weighted by Crippen LogP contribution is 2.62. The van der Waals surface area contributed by atoms with Crippen LogP contribution in [0, 0.1) is 17.8 Å². The Hall–Kier alpha value is -8.81. The van der Waals surface area contributed by atoms with Crippen molar-refractivity contribution in [2.24, 2.45) is 17.8 Å². The molecule has 0 N–H and O–H groups in total. The predicted octanol–water partition coefficient (Wildman–Crippen LogP) is 15.9. The number of fused-ring (bicyclic) bond motifs is 14. The van der Waals surface area contributed by atoms with Crippen LogP contribution in [0.25, 0.3) is 134 Å². The molecule has 7 nitrogen and oxygen atoms in total. The molecule has 4 unspecified atom stereocenters. The van der Waals surface area contributed by atoms with E-state index in [-0.39, 0.29) is 17.8 Å². The summed E-state index contributed by atoms with van der Waals surface area (Å²) in [5.41, 5.74) is 13.9.